The van der Waals surface area contributed by atoms with Crippen LogP contribution in [0.1, 0.15) is 57.1 Å². The second-order valence-electron chi connectivity index (χ2n) is 6.50. The lowest BCUT2D eigenvalue weighted by Crippen LogP contribution is -2.11. The van der Waals surface area contributed by atoms with Crippen molar-refractivity contribution in [2.24, 2.45) is 11.8 Å². The van der Waals surface area contributed by atoms with Gasteiger partial charge < -0.3 is 4.74 Å². The molecule has 1 saturated carbocycles. The Hall–Kier alpha value is -1.78. The lowest BCUT2D eigenvalue weighted by molar-refractivity contribution is 0.148. The number of hydrogen-bond acceptors (Lipinski definition) is 1. The molecule has 0 unspecified atom stereocenters. The zero-order valence-electron chi connectivity index (χ0n) is 15.1. The van der Waals surface area contributed by atoms with Crippen molar-refractivity contribution < 1.29 is 4.74 Å². The molecule has 0 saturated heterocycles. The van der Waals surface area contributed by atoms with Gasteiger partial charge in [0, 0.05) is 11.5 Å². The molecular formula is C23H30O. The fraction of sp³-hybridized carbons (Fsp3) is 0.478. The Morgan fingerprint density at radius 1 is 1.08 bits per heavy atom. The summed E-state index contributed by atoms with van der Waals surface area (Å²) in [5.41, 5.74) is 2.32. The summed E-state index contributed by atoms with van der Waals surface area (Å²) >= 11 is 0. The summed E-state index contributed by atoms with van der Waals surface area (Å²) in [5, 5.41) is 0. The van der Waals surface area contributed by atoms with Crippen LogP contribution in [0.2, 0.25) is 0 Å². The van der Waals surface area contributed by atoms with Crippen LogP contribution in [0.25, 0.3) is 0 Å². The average Bonchev–Trinajstić information content (AvgIpc) is 2.62. The highest BCUT2D eigenvalue weighted by atomic mass is 16.5. The van der Waals surface area contributed by atoms with Gasteiger partial charge >= 0.3 is 0 Å². The van der Waals surface area contributed by atoms with E-state index in [9.17, 15) is 0 Å². The Bertz CT molecular complexity index is 575. The second kappa shape index (κ2) is 10.9. The first-order valence-corrected chi connectivity index (χ1v) is 9.27. The standard InChI is InChI=1S/C23H30O/c1-3-5-6-18-24-19-23-16-14-22(15-17-23)13-12-21-10-8-20(7-4-2)9-11-21/h4-7,14-17,20-21H,3,8-11,18-19H2,1-2H3/b6-5?,7-4+. The second-order valence-corrected chi connectivity index (χ2v) is 6.50. The van der Waals surface area contributed by atoms with Gasteiger partial charge in [-0.25, -0.2) is 0 Å². The maximum absolute atomic E-state index is 5.62. The molecule has 1 heteroatoms. The Labute approximate surface area is 147 Å². The molecule has 1 fully saturated rings. The predicted octanol–water partition coefficient (Wildman–Crippen LogP) is 5.90. The quantitative estimate of drug-likeness (QED) is 0.360. The highest BCUT2D eigenvalue weighted by Crippen LogP contribution is 2.29. The van der Waals surface area contributed by atoms with E-state index < -0.39 is 0 Å². The van der Waals surface area contributed by atoms with Crippen LogP contribution in [-0.2, 0) is 11.3 Å². The van der Waals surface area contributed by atoms with Crippen LogP contribution < -0.4 is 0 Å². The van der Waals surface area contributed by atoms with Crippen molar-refractivity contribution in [3.63, 3.8) is 0 Å². The summed E-state index contributed by atoms with van der Waals surface area (Å²) in [6.07, 6.45) is 14.8. The Morgan fingerprint density at radius 2 is 1.83 bits per heavy atom. The van der Waals surface area contributed by atoms with Crippen molar-refractivity contribution in [3.05, 3.63) is 59.7 Å². The SMILES string of the molecule is C/C=C/C1CCC(C#Cc2ccc(COCC=CCC)cc2)CC1. The number of benzene rings is 1. The van der Waals surface area contributed by atoms with Gasteiger partial charge in [0.2, 0.25) is 0 Å². The zero-order valence-corrected chi connectivity index (χ0v) is 15.1. The third-order valence-electron chi connectivity index (χ3n) is 4.50. The van der Waals surface area contributed by atoms with Crippen LogP contribution in [-0.4, -0.2) is 6.61 Å². The largest absolute Gasteiger partial charge is 0.373 e. The summed E-state index contributed by atoms with van der Waals surface area (Å²) in [6, 6.07) is 8.46. The van der Waals surface area contributed by atoms with Crippen LogP contribution in [0, 0.1) is 23.7 Å². The van der Waals surface area contributed by atoms with E-state index in [0.717, 1.165) is 17.9 Å². The van der Waals surface area contributed by atoms with Gasteiger partial charge in [-0.2, -0.15) is 0 Å². The smallest absolute Gasteiger partial charge is 0.0721 e. The normalized spacial score (nSPS) is 21.1. The molecule has 0 bridgehead atoms. The van der Waals surface area contributed by atoms with Gasteiger partial charge in [-0.15, -0.1) is 0 Å². The zero-order chi connectivity index (χ0) is 17.0. The van der Waals surface area contributed by atoms with E-state index in [4.69, 9.17) is 4.74 Å². The molecule has 1 aromatic carbocycles. The summed E-state index contributed by atoms with van der Waals surface area (Å²) < 4.78 is 5.62. The Morgan fingerprint density at radius 3 is 2.50 bits per heavy atom. The van der Waals surface area contributed by atoms with Gasteiger partial charge in [-0.05, 0) is 62.6 Å². The molecule has 0 aliphatic heterocycles. The Kier molecular flexibility index (Phi) is 8.42. The van der Waals surface area contributed by atoms with Gasteiger partial charge in [0.05, 0.1) is 13.2 Å². The van der Waals surface area contributed by atoms with Crippen LogP contribution in [0.5, 0.6) is 0 Å². The molecule has 1 aliphatic carbocycles. The minimum atomic E-state index is 0.569. The maximum Gasteiger partial charge on any atom is 0.0721 e. The minimum Gasteiger partial charge on any atom is -0.373 e. The van der Waals surface area contributed by atoms with Gasteiger partial charge in [-0.3, -0.25) is 0 Å². The van der Waals surface area contributed by atoms with E-state index in [1.54, 1.807) is 0 Å². The van der Waals surface area contributed by atoms with E-state index >= 15 is 0 Å². The van der Waals surface area contributed by atoms with Crippen LogP contribution in [0.3, 0.4) is 0 Å². The highest BCUT2D eigenvalue weighted by Gasteiger charge is 2.17. The number of allylic oxidation sites excluding steroid dienone is 3. The molecule has 1 aliphatic rings. The monoisotopic (exact) mass is 322 g/mol. The molecule has 1 aromatic rings. The van der Waals surface area contributed by atoms with Crippen molar-refractivity contribution in [3.8, 4) is 11.8 Å². The van der Waals surface area contributed by atoms with E-state index in [-0.39, 0.29) is 0 Å². The molecule has 0 atom stereocenters. The van der Waals surface area contributed by atoms with Crippen LogP contribution in [0.4, 0.5) is 0 Å². The fourth-order valence-electron chi connectivity index (χ4n) is 3.08. The van der Waals surface area contributed by atoms with Gasteiger partial charge in [0.1, 0.15) is 0 Å². The first-order chi connectivity index (χ1) is 11.8. The predicted molar refractivity (Wildman–Crippen MR) is 103 cm³/mol. The number of rotatable bonds is 6. The highest BCUT2D eigenvalue weighted by molar-refractivity contribution is 5.36. The molecule has 0 spiro atoms. The van der Waals surface area contributed by atoms with Crippen molar-refractivity contribution >= 4 is 0 Å². The van der Waals surface area contributed by atoms with Gasteiger partial charge in [0.15, 0.2) is 0 Å². The van der Waals surface area contributed by atoms with E-state index in [2.05, 4.69) is 74.3 Å². The topological polar surface area (TPSA) is 9.23 Å². The van der Waals surface area contributed by atoms with Crippen molar-refractivity contribution in [2.75, 3.05) is 6.61 Å². The molecule has 0 N–H and O–H groups in total. The molecule has 1 nitrogen and oxygen atoms in total. The lowest BCUT2D eigenvalue weighted by Gasteiger charge is -2.22. The third kappa shape index (κ3) is 6.77. The molecule has 24 heavy (non-hydrogen) atoms. The molecule has 128 valence electrons. The first kappa shape index (κ1) is 18.6. The van der Waals surface area contributed by atoms with Crippen molar-refractivity contribution in [1.29, 1.82) is 0 Å². The van der Waals surface area contributed by atoms with E-state index in [1.165, 1.54) is 31.2 Å². The van der Waals surface area contributed by atoms with E-state index in [0.29, 0.717) is 19.1 Å². The molecule has 0 heterocycles. The molecule has 0 aromatic heterocycles. The number of hydrogen-bond donors (Lipinski definition) is 0. The third-order valence-corrected chi connectivity index (χ3v) is 4.50. The van der Waals surface area contributed by atoms with E-state index in [1.807, 2.05) is 0 Å². The summed E-state index contributed by atoms with van der Waals surface area (Å²) in [5.74, 6) is 8.17. The van der Waals surface area contributed by atoms with Crippen molar-refractivity contribution in [2.45, 2.75) is 52.6 Å². The molecule has 2 rings (SSSR count). The van der Waals surface area contributed by atoms with Crippen LogP contribution >= 0.6 is 0 Å². The summed E-state index contributed by atoms with van der Waals surface area (Å²) in [4.78, 5) is 0. The summed E-state index contributed by atoms with van der Waals surface area (Å²) in [6.45, 7) is 5.59. The van der Waals surface area contributed by atoms with Gasteiger partial charge in [0.25, 0.3) is 0 Å². The first-order valence-electron chi connectivity index (χ1n) is 9.27. The lowest BCUT2D eigenvalue weighted by atomic mass is 9.82. The van der Waals surface area contributed by atoms with Crippen molar-refractivity contribution in [1.82, 2.24) is 0 Å². The molecule has 0 amide bonds. The molecular weight excluding hydrogens is 292 g/mol. The maximum atomic E-state index is 5.62. The van der Waals surface area contributed by atoms with Crippen LogP contribution in [0.15, 0.2) is 48.6 Å². The average molecular weight is 322 g/mol. The van der Waals surface area contributed by atoms with Gasteiger partial charge in [-0.1, -0.05) is 55.2 Å². The fourth-order valence-corrected chi connectivity index (χ4v) is 3.08. The molecule has 0 radical (unpaired) electrons. The number of ether oxygens (including phenoxy) is 1. The summed E-state index contributed by atoms with van der Waals surface area (Å²) in [7, 11) is 0. The minimum absolute atomic E-state index is 0.569. The Balaban J connectivity index is 1.77.